The number of aryl methyl sites for hydroxylation is 1. The minimum Gasteiger partial charge on any atom is -0.497 e. The van der Waals surface area contributed by atoms with Gasteiger partial charge in [-0.25, -0.2) is 0 Å². The molecule has 39 heavy (non-hydrogen) atoms. The van der Waals surface area contributed by atoms with Crippen LogP contribution in [-0.2, 0) is 16.6 Å². The number of fused-ring (bicyclic) bond motifs is 1. The number of benzene rings is 3. The number of carboxylic acids is 1. The van der Waals surface area contributed by atoms with E-state index >= 15 is 0 Å². The van der Waals surface area contributed by atoms with E-state index in [9.17, 15) is 24.6 Å². The molecule has 3 aromatic carbocycles. The summed E-state index contributed by atoms with van der Waals surface area (Å²) < 4.78 is 5.20. The van der Waals surface area contributed by atoms with E-state index in [2.05, 4.69) is 0 Å². The quantitative estimate of drug-likeness (QED) is 0.344. The van der Waals surface area contributed by atoms with Gasteiger partial charge in [0, 0.05) is 6.54 Å². The predicted molar refractivity (Wildman–Crippen MR) is 149 cm³/mol. The fourth-order valence-electron chi connectivity index (χ4n) is 4.87. The number of aliphatic carboxylic acids is 1. The molecule has 2 amide bonds. The van der Waals surface area contributed by atoms with Crippen LogP contribution in [-0.4, -0.2) is 52.7 Å². The van der Waals surface area contributed by atoms with Crippen LogP contribution in [0.5, 0.6) is 5.75 Å². The van der Waals surface area contributed by atoms with Gasteiger partial charge in [0.15, 0.2) is 0 Å². The average molecular weight is 530 g/mol. The molecule has 1 heterocycles. The number of carbonyl (C=O) groups excluding carboxylic acids is 2. The Labute approximate surface area is 229 Å². The lowest BCUT2D eigenvalue weighted by molar-refractivity contribution is -0.146. The number of aliphatic hydroxyl groups excluding tert-OH is 1. The highest BCUT2D eigenvalue weighted by atomic mass is 16.5. The molecule has 0 radical (unpaired) electrons. The van der Waals surface area contributed by atoms with E-state index in [1.54, 1.807) is 19.2 Å². The maximum absolute atomic E-state index is 13.0. The first-order valence-electron chi connectivity index (χ1n) is 13.1. The molecular formula is C32H35NO6. The highest BCUT2D eigenvalue weighted by Crippen LogP contribution is 2.30. The van der Waals surface area contributed by atoms with Crippen LogP contribution in [0.3, 0.4) is 0 Å². The number of carbonyl (C=O) groups is 3. The van der Waals surface area contributed by atoms with E-state index in [1.807, 2.05) is 75.4 Å². The van der Waals surface area contributed by atoms with Gasteiger partial charge in [0.05, 0.1) is 30.3 Å². The maximum atomic E-state index is 13.0. The van der Waals surface area contributed by atoms with E-state index in [0.717, 1.165) is 32.9 Å². The monoisotopic (exact) mass is 529 g/mol. The first-order chi connectivity index (χ1) is 18.5. The van der Waals surface area contributed by atoms with Gasteiger partial charge >= 0.3 is 5.97 Å². The van der Waals surface area contributed by atoms with Crippen molar-refractivity contribution in [2.45, 2.75) is 51.6 Å². The number of hydrogen-bond acceptors (Lipinski definition) is 5. The topological polar surface area (TPSA) is 104 Å². The van der Waals surface area contributed by atoms with Crippen molar-refractivity contribution >= 4 is 17.8 Å². The molecule has 2 N–H and O–H groups in total. The Kier molecular flexibility index (Phi) is 8.21. The Hall–Kier alpha value is -3.97. The van der Waals surface area contributed by atoms with Crippen LogP contribution >= 0.6 is 0 Å². The van der Waals surface area contributed by atoms with Gasteiger partial charge in [-0.05, 0) is 71.2 Å². The number of rotatable bonds is 10. The highest BCUT2D eigenvalue weighted by molar-refractivity contribution is 6.21. The summed E-state index contributed by atoms with van der Waals surface area (Å²) in [6.45, 7) is 6.02. The summed E-state index contributed by atoms with van der Waals surface area (Å²) in [5.41, 5.74) is 4.51. The molecule has 1 aliphatic heterocycles. The molecular weight excluding hydrogens is 494 g/mol. The molecule has 0 bridgehead atoms. The second-order valence-corrected chi connectivity index (χ2v) is 11.0. The summed E-state index contributed by atoms with van der Waals surface area (Å²) >= 11 is 0. The first-order valence-corrected chi connectivity index (χ1v) is 13.1. The van der Waals surface area contributed by atoms with Crippen molar-refractivity contribution in [3.63, 3.8) is 0 Å². The number of aliphatic hydroxyl groups is 1. The third-order valence-electron chi connectivity index (χ3n) is 7.39. The Morgan fingerprint density at radius 2 is 1.46 bits per heavy atom. The fraction of sp³-hybridized carbons (Fsp3) is 0.344. The third kappa shape index (κ3) is 6.20. The van der Waals surface area contributed by atoms with Crippen molar-refractivity contribution in [3.05, 3.63) is 89.0 Å². The summed E-state index contributed by atoms with van der Waals surface area (Å²) in [5.74, 6) is -2.31. The average Bonchev–Trinajstić information content (AvgIpc) is 3.16. The van der Waals surface area contributed by atoms with Gasteiger partial charge in [-0.2, -0.15) is 0 Å². The Balaban J connectivity index is 1.36. The number of amides is 2. The molecule has 3 aromatic rings. The summed E-state index contributed by atoms with van der Waals surface area (Å²) in [5, 5.41) is 20.5. The van der Waals surface area contributed by atoms with Gasteiger partial charge in [0.2, 0.25) is 0 Å². The maximum Gasteiger partial charge on any atom is 0.309 e. The summed E-state index contributed by atoms with van der Waals surface area (Å²) in [6, 6.07) is 20.9. The Bertz CT molecular complexity index is 1350. The molecule has 0 saturated heterocycles. The van der Waals surface area contributed by atoms with Crippen LogP contribution in [0.1, 0.15) is 65.5 Å². The number of methoxy groups -OCH3 is 1. The van der Waals surface area contributed by atoms with Gasteiger partial charge in [0.25, 0.3) is 11.8 Å². The number of carboxylic acid groups (broad SMARTS) is 1. The van der Waals surface area contributed by atoms with Crippen LogP contribution < -0.4 is 4.74 Å². The first kappa shape index (κ1) is 28.0. The van der Waals surface area contributed by atoms with E-state index in [0.29, 0.717) is 17.5 Å². The zero-order valence-corrected chi connectivity index (χ0v) is 22.8. The zero-order chi connectivity index (χ0) is 28.3. The summed E-state index contributed by atoms with van der Waals surface area (Å²) in [4.78, 5) is 39.0. The van der Waals surface area contributed by atoms with Gasteiger partial charge in [-0.3, -0.25) is 19.3 Å². The summed E-state index contributed by atoms with van der Waals surface area (Å²) in [7, 11) is 1.62. The van der Waals surface area contributed by atoms with Crippen molar-refractivity contribution in [1.82, 2.24) is 4.90 Å². The molecule has 1 aliphatic rings. The minimum atomic E-state index is -1.15. The largest absolute Gasteiger partial charge is 0.497 e. The van der Waals surface area contributed by atoms with Crippen LogP contribution in [0.4, 0.5) is 0 Å². The predicted octanol–water partition coefficient (Wildman–Crippen LogP) is 5.34. The molecule has 0 fully saturated rings. The van der Waals surface area contributed by atoms with Gasteiger partial charge in [-0.15, -0.1) is 0 Å². The van der Waals surface area contributed by atoms with Gasteiger partial charge in [0.1, 0.15) is 5.75 Å². The van der Waals surface area contributed by atoms with E-state index in [4.69, 9.17) is 4.74 Å². The van der Waals surface area contributed by atoms with Crippen molar-refractivity contribution in [2.24, 2.45) is 5.92 Å². The fourth-order valence-corrected chi connectivity index (χ4v) is 4.87. The number of nitrogens with zero attached hydrogens (tertiary/aromatic N) is 1. The molecule has 0 spiro atoms. The molecule has 7 nitrogen and oxygen atoms in total. The van der Waals surface area contributed by atoms with E-state index < -0.39 is 29.8 Å². The summed E-state index contributed by atoms with van der Waals surface area (Å²) in [6.07, 6.45) is -0.400. The standard InChI is InChI=1S/C32H35NO6/c1-32(2,3)23-12-15-25-27(19-23)30(36)33(29(25)35)18-17-26(31(37)38)28(34)16-7-20-5-8-21(9-6-20)22-10-13-24(39-4)14-11-22/h5-6,8-15,19,26,28,34H,7,16-18H2,1-4H3,(H,37,38)/t26-,28-/m1/s1. The van der Waals surface area contributed by atoms with Crippen LogP contribution in [0.25, 0.3) is 11.1 Å². The SMILES string of the molecule is COc1ccc(-c2ccc(CC[C@@H](O)[C@@H](CCN3C(=O)c4ccc(C(C)(C)C)cc4C3=O)C(=O)O)cc2)cc1. The third-order valence-corrected chi connectivity index (χ3v) is 7.39. The van der Waals surface area contributed by atoms with E-state index in [1.165, 1.54) is 0 Å². The van der Waals surface area contributed by atoms with Crippen molar-refractivity contribution in [1.29, 1.82) is 0 Å². The van der Waals surface area contributed by atoms with E-state index in [-0.39, 0.29) is 24.8 Å². The number of imide groups is 1. The molecule has 204 valence electrons. The van der Waals surface area contributed by atoms with Gasteiger partial charge in [-0.1, -0.05) is 63.2 Å². The number of hydrogen-bond donors (Lipinski definition) is 2. The molecule has 7 heteroatoms. The molecule has 0 aromatic heterocycles. The lowest BCUT2D eigenvalue weighted by Crippen LogP contribution is -2.36. The minimum absolute atomic E-state index is 0.0233. The molecule has 4 rings (SSSR count). The molecule has 0 aliphatic carbocycles. The van der Waals surface area contributed by atoms with Crippen LogP contribution in [0.15, 0.2) is 66.7 Å². The van der Waals surface area contributed by atoms with Crippen LogP contribution in [0.2, 0.25) is 0 Å². The zero-order valence-electron chi connectivity index (χ0n) is 22.8. The second kappa shape index (κ2) is 11.4. The van der Waals surface area contributed by atoms with Crippen molar-refractivity contribution < 1.29 is 29.3 Å². The Morgan fingerprint density at radius 1 is 0.872 bits per heavy atom. The molecule has 2 atom stereocenters. The van der Waals surface area contributed by atoms with Crippen LogP contribution in [0, 0.1) is 5.92 Å². The Morgan fingerprint density at radius 3 is 2.03 bits per heavy atom. The van der Waals surface area contributed by atoms with Crippen molar-refractivity contribution in [3.8, 4) is 16.9 Å². The molecule has 0 unspecified atom stereocenters. The van der Waals surface area contributed by atoms with Crippen molar-refractivity contribution in [2.75, 3.05) is 13.7 Å². The molecule has 0 saturated carbocycles. The number of ether oxygens (including phenoxy) is 1. The second-order valence-electron chi connectivity index (χ2n) is 11.0. The lowest BCUT2D eigenvalue weighted by Gasteiger charge is -2.22. The lowest BCUT2D eigenvalue weighted by atomic mass is 9.85. The smallest absolute Gasteiger partial charge is 0.309 e. The van der Waals surface area contributed by atoms with Gasteiger partial charge < -0.3 is 14.9 Å². The normalized spacial score (nSPS) is 14.7. The highest BCUT2D eigenvalue weighted by Gasteiger charge is 2.37.